The summed E-state index contributed by atoms with van der Waals surface area (Å²) in [5.41, 5.74) is 5.02. The van der Waals surface area contributed by atoms with Crippen LogP contribution in [0.25, 0.3) is 0 Å². The molecule has 1 heteroatoms. The van der Waals surface area contributed by atoms with E-state index in [9.17, 15) is 0 Å². The predicted molar refractivity (Wildman–Crippen MR) is 72.3 cm³/mol. The van der Waals surface area contributed by atoms with Crippen LogP contribution in [0.4, 0.5) is 0 Å². The van der Waals surface area contributed by atoms with E-state index in [0.717, 1.165) is 18.6 Å². The van der Waals surface area contributed by atoms with Crippen LogP contribution in [0.1, 0.15) is 38.3 Å². The molecule has 1 rings (SSSR count). The van der Waals surface area contributed by atoms with Crippen molar-refractivity contribution in [3.05, 3.63) is 47.0 Å². The third-order valence-corrected chi connectivity index (χ3v) is 2.81. The second-order valence-corrected chi connectivity index (χ2v) is 4.01. The van der Waals surface area contributed by atoms with Gasteiger partial charge in [0.1, 0.15) is 0 Å². The number of allylic oxidation sites excluding steroid dienone is 2. The SMILES string of the molecule is CC/C(C)=C/C(=NC)c1cccc(CC)c1. The van der Waals surface area contributed by atoms with Gasteiger partial charge in [-0.2, -0.15) is 0 Å². The van der Waals surface area contributed by atoms with E-state index in [1.807, 2.05) is 7.05 Å². The molecule has 1 nitrogen and oxygen atoms in total. The van der Waals surface area contributed by atoms with E-state index in [2.05, 4.69) is 56.1 Å². The van der Waals surface area contributed by atoms with Gasteiger partial charge in [0.25, 0.3) is 0 Å². The highest BCUT2D eigenvalue weighted by Crippen LogP contribution is 2.10. The summed E-state index contributed by atoms with van der Waals surface area (Å²) in [5, 5.41) is 0. The number of aryl methyl sites for hydroxylation is 1. The summed E-state index contributed by atoms with van der Waals surface area (Å²) in [6, 6.07) is 8.62. The fourth-order valence-corrected chi connectivity index (χ4v) is 1.56. The first-order chi connectivity index (χ1) is 7.71. The van der Waals surface area contributed by atoms with Crippen LogP contribution in [-0.2, 0) is 6.42 Å². The lowest BCUT2D eigenvalue weighted by Crippen LogP contribution is -1.98. The monoisotopic (exact) mass is 215 g/mol. The molecule has 0 aliphatic rings. The lowest BCUT2D eigenvalue weighted by Gasteiger charge is -2.05. The molecule has 16 heavy (non-hydrogen) atoms. The van der Waals surface area contributed by atoms with Crippen molar-refractivity contribution in [1.82, 2.24) is 0 Å². The van der Waals surface area contributed by atoms with Crippen LogP contribution < -0.4 is 0 Å². The fraction of sp³-hybridized carbons (Fsp3) is 0.400. The van der Waals surface area contributed by atoms with Crippen LogP contribution >= 0.6 is 0 Å². The van der Waals surface area contributed by atoms with Crippen molar-refractivity contribution in [2.45, 2.75) is 33.6 Å². The van der Waals surface area contributed by atoms with Crippen molar-refractivity contribution in [3.63, 3.8) is 0 Å². The quantitative estimate of drug-likeness (QED) is 0.673. The van der Waals surface area contributed by atoms with Gasteiger partial charge in [0.2, 0.25) is 0 Å². The minimum Gasteiger partial charge on any atom is -0.288 e. The zero-order valence-electron chi connectivity index (χ0n) is 10.7. The zero-order valence-corrected chi connectivity index (χ0v) is 10.7. The molecule has 0 spiro atoms. The first kappa shape index (κ1) is 12.7. The molecule has 0 heterocycles. The van der Waals surface area contributed by atoms with Gasteiger partial charge < -0.3 is 0 Å². The number of aliphatic imine (C=N–C) groups is 1. The maximum absolute atomic E-state index is 4.36. The van der Waals surface area contributed by atoms with Crippen molar-refractivity contribution in [2.75, 3.05) is 7.05 Å². The van der Waals surface area contributed by atoms with Gasteiger partial charge in [-0.1, -0.05) is 37.6 Å². The first-order valence-corrected chi connectivity index (χ1v) is 5.94. The van der Waals surface area contributed by atoms with E-state index in [4.69, 9.17) is 0 Å². The summed E-state index contributed by atoms with van der Waals surface area (Å²) in [4.78, 5) is 4.36. The minimum absolute atomic E-state index is 1.07. The number of nitrogens with zero attached hydrogens (tertiary/aromatic N) is 1. The van der Waals surface area contributed by atoms with Gasteiger partial charge in [0, 0.05) is 7.05 Å². The van der Waals surface area contributed by atoms with Gasteiger partial charge in [0.05, 0.1) is 5.71 Å². The maximum atomic E-state index is 4.36. The second-order valence-electron chi connectivity index (χ2n) is 4.01. The third kappa shape index (κ3) is 3.34. The van der Waals surface area contributed by atoms with E-state index >= 15 is 0 Å². The topological polar surface area (TPSA) is 12.4 Å². The smallest absolute Gasteiger partial charge is 0.0642 e. The Kier molecular flexibility index (Phi) is 4.97. The van der Waals surface area contributed by atoms with Gasteiger partial charge in [0.15, 0.2) is 0 Å². The Morgan fingerprint density at radius 1 is 1.31 bits per heavy atom. The average molecular weight is 215 g/mol. The molecule has 0 aromatic heterocycles. The molecule has 0 saturated carbocycles. The predicted octanol–water partition coefficient (Wildman–Crippen LogP) is 4.02. The molecular weight excluding hydrogens is 194 g/mol. The van der Waals surface area contributed by atoms with Crippen molar-refractivity contribution in [1.29, 1.82) is 0 Å². The normalized spacial score (nSPS) is 13.0. The third-order valence-electron chi connectivity index (χ3n) is 2.81. The largest absolute Gasteiger partial charge is 0.288 e. The molecule has 1 aromatic rings. The standard InChI is InChI=1S/C15H21N/c1-5-12(3)10-15(16-4)14-9-7-8-13(6-2)11-14/h7-11H,5-6H2,1-4H3/b12-10+,16-15?. The zero-order chi connectivity index (χ0) is 12.0. The lowest BCUT2D eigenvalue weighted by molar-refractivity contribution is 1.10. The molecule has 0 atom stereocenters. The number of rotatable bonds is 4. The summed E-state index contributed by atoms with van der Waals surface area (Å²) >= 11 is 0. The van der Waals surface area contributed by atoms with Crippen LogP contribution in [-0.4, -0.2) is 12.8 Å². The van der Waals surface area contributed by atoms with E-state index in [1.54, 1.807) is 0 Å². The molecule has 0 radical (unpaired) electrons. The van der Waals surface area contributed by atoms with Crippen LogP contribution in [0, 0.1) is 0 Å². The van der Waals surface area contributed by atoms with E-state index in [1.165, 1.54) is 16.7 Å². The Morgan fingerprint density at radius 2 is 2.06 bits per heavy atom. The molecule has 0 fully saturated rings. The first-order valence-electron chi connectivity index (χ1n) is 5.94. The van der Waals surface area contributed by atoms with E-state index < -0.39 is 0 Å². The molecule has 0 bridgehead atoms. The van der Waals surface area contributed by atoms with Gasteiger partial charge in [-0.05, 0) is 43.0 Å². The van der Waals surface area contributed by atoms with Crippen LogP contribution in [0.3, 0.4) is 0 Å². The minimum atomic E-state index is 1.07. The van der Waals surface area contributed by atoms with Gasteiger partial charge in [-0.25, -0.2) is 0 Å². The molecule has 0 saturated heterocycles. The Bertz CT molecular complexity index is 400. The van der Waals surface area contributed by atoms with Crippen LogP contribution in [0.2, 0.25) is 0 Å². The summed E-state index contributed by atoms with van der Waals surface area (Å²) in [6.07, 6.45) is 4.32. The Hall–Kier alpha value is -1.37. The van der Waals surface area contributed by atoms with Crippen molar-refractivity contribution in [2.24, 2.45) is 4.99 Å². The Morgan fingerprint density at radius 3 is 2.62 bits per heavy atom. The number of hydrogen-bond donors (Lipinski definition) is 0. The fourth-order valence-electron chi connectivity index (χ4n) is 1.56. The van der Waals surface area contributed by atoms with E-state index in [0.29, 0.717) is 0 Å². The maximum Gasteiger partial charge on any atom is 0.0642 e. The summed E-state index contributed by atoms with van der Waals surface area (Å²) in [5.74, 6) is 0. The van der Waals surface area contributed by atoms with Gasteiger partial charge in [-0.15, -0.1) is 0 Å². The Labute approximate surface area is 98.9 Å². The molecule has 0 unspecified atom stereocenters. The van der Waals surface area contributed by atoms with Crippen molar-refractivity contribution >= 4 is 5.71 Å². The summed E-state index contributed by atoms with van der Waals surface area (Å²) < 4.78 is 0. The van der Waals surface area contributed by atoms with Crippen LogP contribution in [0.15, 0.2) is 40.9 Å². The van der Waals surface area contributed by atoms with E-state index in [-0.39, 0.29) is 0 Å². The summed E-state index contributed by atoms with van der Waals surface area (Å²) in [7, 11) is 1.85. The highest BCUT2D eigenvalue weighted by Gasteiger charge is 2.00. The molecule has 0 aliphatic heterocycles. The van der Waals surface area contributed by atoms with Crippen LogP contribution in [0.5, 0.6) is 0 Å². The second kappa shape index (κ2) is 6.26. The van der Waals surface area contributed by atoms with Crippen molar-refractivity contribution < 1.29 is 0 Å². The lowest BCUT2D eigenvalue weighted by atomic mass is 10.0. The molecular formula is C15H21N. The Balaban J connectivity index is 3.05. The van der Waals surface area contributed by atoms with Crippen molar-refractivity contribution in [3.8, 4) is 0 Å². The molecule has 1 aromatic carbocycles. The average Bonchev–Trinajstić information content (AvgIpc) is 2.35. The van der Waals surface area contributed by atoms with Gasteiger partial charge in [-0.3, -0.25) is 4.99 Å². The molecule has 0 N–H and O–H groups in total. The highest BCUT2D eigenvalue weighted by atomic mass is 14.7. The van der Waals surface area contributed by atoms with Gasteiger partial charge >= 0.3 is 0 Å². The summed E-state index contributed by atoms with van der Waals surface area (Å²) in [6.45, 7) is 6.49. The molecule has 86 valence electrons. The molecule has 0 aliphatic carbocycles. The number of hydrogen-bond acceptors (Lipinski definition) is 1. The highest BCUT2D eigenvalue weighted by molar-refractivity contribution is 6.09. The molecule has 0 amide bonds. The number of benzene rings is 1.